The molecule has 0 unspecified atom stereocenters. The number of anilines is 1. The van der Waals surface area contributed by atoms with Gasteiger partial charge in [0.05, 0.1) is 12.2 Å². The molecule has 1 aromatic rings. The molecule has 0 aromatic heterocycles. The number of carbonyl (C=O) groups is 1. The second kappa shape index (κ2) is 6.45. The lowest BCUT2D eigenvalue weighted by molar-refractivity contribution is 0.0951. The molecule has 3 N–H and O–H groups in total. The van der Waals surface area contributed by atoms with Gasteiger partial charge in [0, 0.05) is 18.3 Å². The van der Waals surface area contributed by atoms with Crippen LogP contribution in [0.2, 0.25) is 0 Å². The first-order valence-corrected chi connectivity index (χ1v) is 7.01. The minimum absolute atomic E-state index is 0.110. The first-order valence-electron chi connectivity index (χ1n) is 7.01. The summed E-state index contributed by atoms with van der Waals surface area (Å²) in [5.74, 6) is 1.28. The van der Waals surface area contributed by atoms with E-state index in [0.717, 1.165) is 12.3 Å². The highest BCUT2D eigenvalue weighted by atomic mass is 16.5. The van der Waals surface area contributed by atoms with Gasteiger partial charge in [0.1, 0.15) is 5.75 Å². The van der Waals surface area contributed by atoms with Crippen molar-refractivity contribution in [3.8, 4) is 5.75 Å². The zero-order valence-electron chi connectivity index (χ0n) is 11.4. The molecule has 1 saturated carbocycles. The Morgan fingerprint density at radius 1 is 1.47 bits per heavy atom. The number of amides is 1. The van der Waals surface area contributed by atoms with Crippen molar-refractivity contribution in [2.75, 3.05) is 18.9 Å². The van der Waals surface area contributed by atoms with E-state index in [1.807, 2.05) is 6.92 Å². The van der Waals surface area contributed by atoms with Gasteiger partial charge in [-0.3, -0.25) is 4.79 Å². The summed E-state index contributed by atoms with van der Waals surface area (Å²) < 4.78 is 5.75. The van der Waals surface area contributed by atoms with Crippen LogP contribution in [0, 0.1) is 5.92 Å². The number of nitrogens with two attached hydrogens (primary N) is 1. The van der Waals surface area contributed by atoms with Crippen molar-refractivity contribution in [1.82, 2.24) is 5.32 Å². The molecule has 2 rings (SSSR count). The molecule has 1 amide bonds. The largest absolute Gasteiger partial charge is 0.493 e. The van der Waals surface area contributed by atoms with Gasteiger partial charge in [0.2, 0.25) is 0 Å². The maximum Gasteiger partial charge on any atom is 0.255 e. The van der Waals surface area contributed by atoms with E-state index >= 15 is 0 Å². The van der Waals surface area contributed by atoms with E-state index in [9.17, 15) is 4.79 Å². The number of hydrogen-bond acceptors (Lipinski definition) is 3. The Labute approximate surface area is 114 Å². The van der Waals surface area contributed by atoms with Crippen LogP contribution in [0.4, 0.5) is 5.69 Å². The third-order valence-corrected chi connectivity index (χ3v) is 3.60. The van der Waals surface area contributed by atoms with Crippen molar-refractivity contribution in [3.05, 3.63) is 23.8 Å². The van der Waals surface area contributed by atoms with Crippen LogP contribution < -0.4 is 15.8 Å². The maximum atomic E-state index is 11.9. The Bertz CT molecular complexity index is 442. The Hall–Kier alpha value is -1.71. The van der Waals surface area contributed by atoms with Crippen molar-refractivity contribution in [2.45, 2.75) is 32.6 Å². The number of hydrogen-bond donors (Lipinski definition) is 2. The van der Waals surface area contributed by atoms with Crippen molar-refractivity contribution in [1.29, 1.82) is 0 Å². The maximum absolute atomic E-state index is 11.9. The molecule has 1 aliphatic rings. The van der Waals surface area contributed by atoms with E-state index in [0.29, 0.717) is 30.2 Å². The summed E-state index contributed by atoms with van der Waals surface area (Å²) in [5, 5.41) is 2.78. The average molecular weight is 262 g/mol. The summed E-state index contributed by atoms with van der Waals surface area (Å²) in [6, 6.07) is 5.17. The second-order valence-corrected chi connectivity index (χ2v) is 5.05. The number of ether oxygens (including phenoxy) is 1. The Morgan fingerprint density at radius 2 is 2.26 bits per heavy atom. The van der Waals surface area contributed by atoms with Crippen molar-refractivity contribution in [3.63, 3.8) is 0 Å². The molecular formula is C15H22N2O2. The molecular weight excluding hydrogens is 240 g/mol. The average Bonchev–Trinajstić information content (AvgIpc) is 2.32. The lowest BCUT2D eigenvalue weighted by Gasteiger charge is -2.25. The topological polar surface area (TPSA) is 64.4 Å². The molecule has 0 spiro atoms. The van der Waals surface area contributed by atoms with Gasteiger partial charge >= 0.3 is 0 Å². The third kappa shape index (κ3) is 3.63. The van der Waals surface area contributed by atoms with E-state index in [4.69, 9.17) is 10.5 Å². The molecule has 0 saturated heterocycles. The summed E-state index contributed by atoms with van der Waals surface area (Å²) in [4.78, 5) is 11.9. The van der Waals surface area contributed by atoms with E-state index in [1.54, 1.807) is 18.2 Å². The Kier molecular flexibility index (Phi) is 4.66. The summed E-state index contributed by atoms with van der Waals surface area (Å²) in [7, 11) is 0. The Morgan fingerprint density at radius 3 is 2.89 bits per heavy atom. The minimum Gasteiger partial charge on any atom is -0.493 e. The quantitative estimate of drug-likeness (QED) is 0.774. The molecule has 1 aromatic carbocycles. The molecule has 4 heteroatoms. The first kappa shape index (κ1) is 13.7. The molecule has 0 bridgehead atoms. The van der Waals surface area contributed by atoms with Crippen LogP contribution >= 0.6 is 0 Å². The van der Waals surface area contributed by atoms with Crippen molar-refractivity contribution in [2.24, 2.45) is 5.92 Å². The molecule has 4 nitrogen and oxygen atoms in total. The van der Waals surface area contributed by atoms with Gasteiger partial charge in [-0.15, -0.1) is 0 Å². The molecule has 1 aliphatic carbocycles. The highest BCUT2D eigenvalue weighted by Gasteiger charge is 2.18. The number of nitrogen functional groups attached to an aromatic ring is 1. The third-order valence-electron chi connectivity index (χ3n) is 3.60. The van der Waals surface area contributed by atoms with E-state index in [2.05, 4.69) is 5.32 Å². The molecule has 104 valence electrons. The van der Waals surface area contributed by atoms with Crippen molar-refractivity contribution >= 4 is 11.6 Å². The predicted octanol–water partition coefficient (Wildman–Crippen LogP) is 2.59. The number of carbonyl (C=O) groups excluding carboxylic acids is 1. The fourth-order valence-corrected chi connectivity index (χ4v) is 2.22. The fourth-order valence-electron chi connectivity index (χ4n) is 2.22. The highest BCUT2D eigenvalue weighted by Crippen LogP contribution is 2.30. The van der Waals surface area contributed by atoms with E-state index in [1.165, 1.54) is 19.3 Å². The van der Waals surface area contributed by atoms with Gasteiger partial charge in [-0.25, -0.2) is 0 Å². The zero-order chi connectivity index (χ0) is 13.7. The SMILES string of the molecule is CCNC(=O)c1ccc(N)cc1OCCC1CCC1. The lowest BCUT2D eigenvalue weighted by Crippen LogP contribution is -2.23. The van der Waals surface area contributed by atoms with Crippen LogP contribution in [-0.2, 0) is 0 Å². The monoisotopic (exact) mass is 262 g/mol. The van der Waals surface area contributed by atoms with Gasteiger partial charge in [0.25, 0.3) is 5.91 Å². The van der Waals surface area contributed by atoms with E-state index in [-0.39, 0.29) is 5.91 Å². The van der Waals surface area contributed by atoms with Crippen molar-refractivity contribution < 1.29 is 9.53 Å². The van der Waals surface area contributed by atoms with E-state index < -0.39 is 0 Å². The van der Waals surface area contributed by atoms with Gasteiger partial charge in [-0.1, -0.05) is 19.3 Å². The normalized spacial score (nSPS) is 14.8. The molecule has 19 heavy (non-hydrogen) atoms. The summed E-state index contributed by atoms with van der Waals surface area (Å²) in [6.07, 6.45) is 5.02. The van der Waals surface area contributed by atoms with Crippen LogP contribution in [0.25, 0.3) is 0 Å². The van der Waals surface area contributed by atoms with Crippen LogP contribution in [0.1, 0.15) is 43.0 Å². The summed E-state index contributed by atoms with van der Waals surface area (Å²) in [6.45, 7) is 3.15. The van der Waals surface area contributed by atoms with Gasteiger partial charge in [0.15, 0.2) is 0 Å². The standard InChI is InChI=1S/C15H22N2O2/c1-2-17-15(18)13-7-6-12(16)10-14(13)19-9-8-11-4-3-5-11/h6-7,10-11H,2-5,8-9,16H2,1H3,(H,17,18). The number of benzene rings is 1. The van der Waals surface area contributed by atoms with Gasteiger partial charge < -0.3 is 15.8 Å². The summed E-state index contributed by atoms with van der Waals surface area (Å²) in [5.41, 5.74) is 6.94. The van der Waals surface area contributed by atoms with Crippen LogP contribution in [-0.4, -0.2) is 19.1 Å². The van der Waals surface area contributed by atoms with Gasteiger partial charge in [-0.2, -0.15) is 0 Å². The van der Waals surface area contributed by atoms with Crippen LogP contribution in [0.15, 0.2) is 18.2 Å². The van der Waals surface area contributed by atoms with Crippen LogP contribution in [0.5, 0.6) is 5.75 Å². The smallest absolute Gasteiger partial charge is 0.255 e. The van der Waals surface area contributed by atoms with Gasteiger partial charge in [-0.05, 0) is 31.4 Å². The fraction of sp³-hybridized carbons (Fsp3) is 0.533. The number of rotatable bonds is 6. The minimum atomic E-state index is -0.110. The molecule has 0 aliphatic heterocycles. The molecule has 0 radical (unpaired) electrons. The lowest BCUT2D eigenvalue weighted by atomic mass is 9.83. The predicted molar refractivity (Wildman–Crippen MR) is 76.3 cm³/mol. The number of nitrogens with one attached hydrogen (secondary N) is 1. The highest BCUT2D eigenvalue weighted by molar-refractivity contribution is 5.97. The summed E-state index contributed by atoms with van der Waals surface area (Å²) >= 11 is 0. The van der Waals surface area contributed by atoms with Crippen LogP contribution in [0.3, 0.4) is 0 Å². The molecule has 1 fully saturated rings. The molecule has 0 heterocycles. The second-order valence-electron chi connectivity index (χ2n) is 5.05. The molecule has 0 atom stereocenters. The zero-order valence-corrected chi connectivity index (χ0v) is 11.4. The Balaban J connectivity index is 1.99. The first-order chi connectivity index (χ1) is 9.20.